The van der Waals surface area contributed by atoms with Crippen LogP contribution in [0.2, 0.25) is 0 Å². The molecule has 0 radical (unpaired) electrons. The first-order valence-electron chi connectivity index (χ1n) is 10.9. The van der Waals surface area contributed by atoms with Crippen LogP contribution in [0, 0.1) is 5.92 Å². The van der Waals surface area contributed by atoms with Gasteiger partial charge < -0.3 is 4.90 Å². The highest BCUT2D eigenvalue weighted by molar-refractivity contribution is 7.89. The van der Waals surface area contributed by atoms with Crippen LogP contribution in [0.15, 0.2) is 54.6 Å². The Morgan fingerprint density at radius 1 is 0.900 bits per heavy atom. The Bertz CT molecular complexity index is 967. The van der Waals surface area contributed by atoms with Gasteiger partial charge in [-0.2, -0.15) is 0 Å². The van der Waals surface area contributed by atoms with Crippen molar-refractivity contribution >= 4 is 15.9 Å². The van der Waals surface area contributed by atoms with E-state index in [1.807, 2.05) is 47.4 Å². The first-order chi connectivity index (χ1) is 14.5. The smallest absolute Gasteiger partial charge is 0.226 e. The lowest BCUT2D eigenvalue weighted by molar-refractivity contribution is -0.137. The van der Waals surface area contributed by atoms with Gasteiger partial charge in [-0.15, -0.1) is 0 Å². The topological polar surface area (TPSA) is 57.7 Å². The number of hydrogen-bond donors (Lipinski definition) is 0. The number of carbonyl (C=O) groups excluding carboxylic acids is 1. The Labute approximate surface area is 179 Å². The summed E-state index contributed by atoms with van der Waals surface area (Å²) in [7, 11) is -3.26. The summed E-state index contributed by atoms with van der Waals surface area (Å²) >= 11 is 0. The third-order valence-corrected chi connectivity index (χ3v) is 8.31. The molecule has 2 heterocycles. The largest absolute Gasteiger partial charge is 0.338 e. The molecule has 1 fully saturated rings. The fourth-order valence-electron chi connectivity index (χ4n) is 4.56. The van der Waals surface area contributed by atoms with Crippen molar-refractivity contribution in [3.05, 3.63) is 71.3 Å². The number of benzene rings is 2. The number of sulfonamides is 1. The van der Waals surface area contributed by atoms with Crippen LogP contribution in [0.3, 0.4) is 0 Å². The molecule has 0 aliphatic carbocycles. The minimum atomic E-state index is -3.26. The molecule has 2 aliphatic rings. The van der Waals surface area contributed by atoms with E-state index in [1.54, 1.807) is 4.31 Å². The Kier molecular flexibility index (Phi) is 6.54. The molecule has 1 amide bonds. The highest BCUT2D eigenvalue weighted by atomic mass is 32.2. The molecule has 0 N–H and O–H groups in total. The first kappa shape index (κ1) is 21.1. The minimum absolute atomic E-state index is 0.0639. The number of aryl methyl sites for hydroxylation is 1. The van der Waals surface area contributed by atoms with Gasteiger partial charge in [0.05, 0.1) is 5.75 Å². The van der Waals surface area contributed by atoms with E-state index in [4.69, 9.17) is 0 Å². The van der Waals surface area contributed by atoms with Crippen LogP contribution in [0.5, 0.6) is 0 Å². The van der Waals surface area contributed by atoms with Crippen molar-refractivity contribution in [2.45, 2.75) is 38.6 Å². The highest BCUT2D eigenvalue weighted by Crippen LogP contribution is 2.26. The van der Waals surface area contributed by atoms with Gasteiger partial charge in [-0.3, -0.25) is 4.79 Å². The molecule has 0 unspecified atom stereocenters. The van der Waals surface area contributed by atoms with Crippen molar-refractivity contribution in [2.75, 3.05) is 25.4 Å². The van der Waals surface area contributed by atoms with Crippen LogP contribution < -0.4 is 0 Å². The average Bonchev–Trinajstić information content (AvgIpc) is 2.79. The summed E-state index contributed by atoms with van der Waals surface area (Å²) in [6.07, 6.45) is 3.53. The zero-order valence-corrected chi connectivity index (χ0v) is 18.2. The Hall–Kier alpha value is -2.18. The Morgan fingerprint density at radius 2 is 1.57 bits per heavy atom. The van der Waals surface area contributed by atoms with Crippen LogP contribution in [0.25, 0.3) is 0 Å². The molecule has 4 rings (SSSR count). The lowest BCUT2D eigenvalue weighted by atomic mass is 9.94. The van der Waals surface area contributed by atoms with Crippen LogP contribution in [0.4, 0.5) is 0 Å². The summed E-state index contributed by atoms with van der Waals surface area (Å²) < 4.78 is 27.0. The number of fused-ring (bicyclic) bond motifs is 1. The molecule has 2 aromatic rings. The lowest BCUT2D eigenvalue weighted by Crippen LogP contribution is -2.46. The van der Waals surface area contributed by atoms with E-state index >= 15 is 0 Å². The third-order valence-electron chi connectivity index (χ3n) is 6.35. The number of hydrogen-bond acceptors (Lipinski definition) is 3. The second-order valence-electron chi connectivity index (χ2n) is 8.36. The summed E-state index contributed by atoms with van der Waals surface area (Å²) in [6, 6.07) is 18.3. The van der Waals surface area contributed by atoms with Crippen molar-refractivity contribution in [3.63, 3.8) is 0 Å². The summed E-state index contributed by atoms with van der Waals surface area (Å²) in [5, 5.41) is 0. The quantitative estimate of drug-likeness (QED) is 0.713. The fourth-order valence-corrected chi connectivity index (χ4v) is 6.09. The van der Waals surface area contributed by atoms with E-state index in [0.717, 1.165) is 19.4 Å². The zero-order valence-electron chi connectivity index (χ0n) is 17.4. The summed E-state index contributed by atoms with van der Waals surface area (Å²) in [5.41, 5.74) is 3.73. The molecular weight excluding hydrogens is 396 g/mol. The van der Waals surface area contributed by atoms with Gasteiger partial charge in [0.25, 0.3) is 0 Å². The van der Waals surface area contributed by atoms with Crippen LogP contribution in [-0.4, -0.2) is 48.9 Å². The van der Waals surface area contributed by atoms with E-state index in [9.17, 15) is 13.2 Å². The van der Waals surface area contributed by atoms with E-state index in [1.165, 1.54) is 16.7 Å². The van der Waals surface area contributed by atoms with Gasteiger partial charge in [-0.25, -0.2) is 12.7 Å². The van der Waals surface area contributed by atoms with Gasteiger partial charge >= 0.3 is 0 Å². The maximum Gasteiger partial charge on any atom is 0.226 e. The summed E-state index contributed by atoms with van der Waals surface area (Å²) in [5.74, 6) is 0.292. The summed E-state index contributed by atoms with van der Waals surface area (Å²) in [4.78, 5) is 15.0. The Morgan fingerprint density at radius 3 is 2.30 bits per heavy atom. The zero-order chi connectivity index (χ0) is 21.0. The maximum absolute atomic E-state index is 13.0. The predicted octanol–water partition coefficient (Wildman–Crippen LogP) is 3.25. The van der Waals surface area contributed by atoms with Crippen LogP contribution >= 0.6 is 0 Å². The highest BCUT2D eigenvalue weighted by Gasteiger charge is 2.33. The molecule has 5 nitrogen and oxygen atoms in total. The van der Waals surface area contributed by atoms with E-state index in [-0.39, 0.29) is 17.6 Å². The normalized spacial score (nSPS) is 18.2. The van der Waals surface area contributed by atoms with Gasteiger partial charge in [0.1, 0.15) is 0 Å². The van der Waals surface area contributed by atoms with Crippen molar-refractivity contribution in [2.24, 2.45) is 5.92 Å². The first-order valence-corrected chi connectivity index (χ1v) is 12.5. The molecule has 30 heavy (non-hydrogen) atoms. The monoisotopic (exact) mass is 426 g/mol. The average molecular weight is 427 g/mol. The molecule has 0 atom stereocenters. The molecule has 2 aromatic carbocycles. The predicted molar refractivity (Wildman–Crippen MR) is 118 cm³/mol. The standard InChI is InChI=1S/C24H30N2O3S/c27-24(25-15-12-21-10-4-5-11-23(21)19-25)22-13-16-26(17-14-22)30(28,29)18-6-9-20-7-2-1-3-8-20/h1-5,7-8,10-11,22H,6,9,12-19H2. The van der Waals surface area contributed by atoms with Crippen molar-refractivity contribution in [3.8, 4) is 0 Å². The molecule has 0 aromatic heterocycles. The Balaban J connectivity index is 1.26. The second kappa shape index (κ2) is 9.31. The van der Waals surface area contributed by atoms with E-state index in [2.05, 4.69) is 12.1 Å². The molecule has 1 saturated heterocycles. The van der Waals surface area contributed by atoms with Gasteiger partial charge in [0.2, 0.25) is 15.9 Å². The van der Waals surface area contributed by atoms with Gasteiger partial charge in [-0.1, -0.05) is 54.6 Å². The molecule has 6 heteroatoms. The van der Waals surface area contributed by atoms with Crippen LogP contribution in [0.1, 0.15) is 36.0 Å². The minimum Gasteiger partial charge on any atom is -0.338 e. The number of amides is 1. The summed E-state index contributed by atoms with van der Waals surface area (Å²) in [6.45, 7) is 2.34. The SMILES string of the molecule is O=C(C1CCN(S(=O)(=O)CCCc2ccccc2)CC1)N1CCc2ccccc2C1. The van der Waals surface area contributed by atoms with E-state index < -0.39 is 10.0 Å². The molecule has 160 valence electrons. The van der Waals surface area contributed by atoms with Crippen molar-refractivity contribution in [1.29, 1.82) is 0 Å². The molecule has 0 spiro atoms. The number of carbonyl (C=O) groups is 1. The number of piperidine rings is 1. The van der Waals surface area contributed by atoms with E-state index in [0.29, 0.717) is 38.9 Å². The number of rotatable bonds is 6. The van der Waals surface area contributed by atoms with Crippen molar-refractivity contribution in [1.82, 2.24) is 9.21 Å². The molecule has 2 aliphatic heterocycles. The number of nitrogens with zero attached hydrogens (tertiary/aromatic N) is 2. The van der Waals surface area contributed by atoms with Crippen molar-refractivity contribution < 1.29 is 13.2 Å². The molecule has 0 bridgehead atoms. The third kappa shape index (κ3) is 4.93. The fraction of sp³-hybridized carbons (Fsp3) is 0.458. The van der Waals surface area contributed by atoms with Gasteiger partial charge in [0, 0.05) is 32.1 Å². The lowest BCUT2D eigenvalue weighted by Gasteiger charge is -2.35. The van der Waals surface area contributed by atoms with Gasteiger partial charge in [0.15, 0.2) is 0 Å². The molecular formula is C24H30N2O3S. The van der Waals surface area contributed by atoms with Crippen LogP contribution in [-0.2, 0) is 34.2 Å². The molecule has 0 saturated carbocycles. The second-order valence-corrected chi connectivity index (χ2v) is 10.4. The van der Waals surface area contributed by atoms with Gasteiger partial charge in [-0.05, 0) is 48.8 Å². The maximum atomic E-state index is 13.0.